The SMILES string of the molecule is Cc1nn(C)cc1CN1CCN(C(=O)CC2CC3CCC2C3)CC1. The zero-order valence-corrected chi connectivity index (χ0v) is 15.1. The summed E-state index contributed by atoms with van der Waals surface area (Å²) in [5, 5.41) is 4.42. The number of aromatic nitrogens is 2. The van der Waals surface area contributed by atoms with Crippen LogP contribution in [0.3, 0.4) is 0 Å². The zero-order chi connectivity index (χ0) is 16.7. The van der Waals surface area contributed by atoms with Crippen molar-refractivity contribution in [3.05, 3.63) is 17.5 Å². The molecule has 0 N–H and O–H groups in total. The zero-order valence-electron chi connectivity index (χ0n) is 15.1. The smallest absolute Gasteiger partial charge is 0.222 e. The fraction of sp³-hybridized carbons (Fsp3) is 0.789. The van der Waals surface area contributed by atoms with E-state index in [2.05, 4.69) is 28.0 Å². The van der Waals surface area contributed by atoms with Crippen LogP contribution < -0.4 is 0 Å². The molecule has 0 radical (unpaired) electrons. The summed E-state index contributed by atoms with van der Waals surface area (Å²) in [7, 11) is 1.97. The molecule has 3 fully saturated rings. The van der Waals surface area contributed by atoms with Crippen LogP contribution in [0, 0.1) is 24.7 Å². The van der Waals surface area contributed by atoms with Gasteiger partial charge in [0.05, 0.1) is 5.69 Å². The minimum atomic E-state index is 0.407. The van der Waals surface area contributed by atoms with Gasteiger partial charge >= 0.3 is 0 Å². The van der Waals surface area contributed by atoms with Gasteiger partial charge in [-0.25, -0.2) is 0 Å². The molecule has 1 amide bonds. The van der Waals surface area contributed by atoms with Gasteiger partial charge in [-0.3, -0.25) is 14.4 Å². The van der Waals surface area contributed by atoms with E-state index in [0.29, 0.717) is 11.8 Å². The normalized spacial score (nSPS) is 30.2. The lowest BCUT2D eigenvalue weighted by Crippen LogP contribution is -2.48. The maximum absolute atomic E-state index is 12.6. The van der Waals surface area contributed by atoms with Crippen LogP contribution in [0.1, 0.15) is 43.4 Å². The molecule has 3 unspecified atom stereocenters. The number of hydrogen-bond acceptors (Lipinski definition) is 3. The third kappa shape index (κ3) is 3.23. The molecule has 0 spiro atoms. The Morgan fingerprint density at radius 1 is 1.21 bits per heavy atom. The second-order valence-electron chi connectivity index (χ2n) is 8.21. The predicted octanol–water partition coefficient (Wildman–Crippen LogP) is 2.20. The van der Waals surface area contributed by atoms with Crippen molar-refractivity contribution in [1.82, 2.24) is 19.6 Å². The summed E-state index contributed by atoms with van der Waals surface area (Å²) in [6, 6.07) is 0. The first-order chi connectivity index (χ1) is 11.6. The first-order valence-corrected chi connectivity index (χ1v) is 9.57. The Bertz CT molecular complexity index is 603. The van der Waals surface area contributed by atoms with Crippen LogP contribution in [-0.4, -0.2) is 51.7 Å². The molecule has 2 bridgehead atoms. The molecule has 1 aromatic rings. The lowest BCUT2D eigenvalue weighted by Gasteiger charge is -2.35. The van der Waals surface area contributed by atoms with Gasteiger partial charge in [-0.1, -0.05) is 6.42 Å². The van der Waals surface area contributed by atoms with E-state index in [9.17, 15) is 4.79 Å². The van der Waals surface area contributed by atoms with E-state index >= 15 is 0 Å². The molecule has 0 aromatic carbocycles. The summed E-state index contributed by atoms with van der Waals surface area (Å²) >= 11 is 0. The molecule has 1 saturated heterocycles. The van der Waals surface area contributed by atoms with Gasteiger partial charge in [-0.2, -0.15) is 5.10 Å². The summed E-state index contributed by atoms with van der Waals surface area (Å²) in [6.07, 6.45) is 8.43. The van der Waals surface area contributed by atoms with E-state index in [4.69, 9.17) is 0 Å². The van der Waals surface area contributed by atoms with Crippen molar-refractivity contribution in [2.45, 2.75) is 45.6 Å². The fourth-order valence-electron chi connectivity index (χ4n) is 5.18. The van der Waals surface area contributed by atoms with Gasteiger partial charge in [-0.05, 0) is 43.9 Å². The molecular formula is C19H30N4O. The molecule has 4 rings (SSSR count). The molecule has 3 atom stereocenters. The molecule has 2 saturated carbocycles. The Hall–Kier alpha value is -1.36. The van der Waals surface area contributed by atoms with Gasteiger partial charge in [0.25, 0.3) is 0 Å². The van der Waals surface area contributed by atoms with Crippen LogP contribution in [0.2, 0.25) is 0 Å². The van der Waals surface area contributed by atoms with Crippen LogP contribution >= 0.6 is 0 Å². The Morgan fingerprint density at radius 3 is 2.58 bits per heavy atom. The van der Waals surface area contributed by atoms with Crippen molar-refractivity contribution in [2.75, 3.05) is 26.2 Å². The minimum absolute atomic E-state index is 0.407. The highest BCUT2D eigenvalue weighted by molar-refractivity contribution is 5.76. The van der Waals surface area contributed by atoms with Gasteiger partial charge in [0.15, 0.2) is 0 Å². The highest BCUT2D eigenvalue weighted by Gasteiger charge is 2.40. The van der Waals surface area contributed by atoms with Crippen molar-refractivity contribution >= 4 is 5.91 Å². The summed E-state index contributed by atoms with van der Waals surface area (Å²) in [4.78, 5) is 17.2. The topological polar surface area (TPSA) is 41.4 Å². The Kier molecular flexibility index (Phi) is 4.37. The first kappa shape index (κ1) is 16.1. The third-order valence-electron chi connectivity index (χ3n) is 6.56. The van der Waals surface area contributed by atoms with Gasteiger partial charge in [-0.15, -0.1) is 0 Å². The summed E-state index contributed by atoms with van der Waals surface area (Å²) in [6.45, 7) is 6.77. The molecule has 5 nitrogen and oxygen atoms in total. The minimum Gasteiger partial charge on any atom is -0.340 e. The number of nitrogens with zero attached hydrogens (tertiary/aromatic N) is 4. The predicted molar refractivity (Wildman–Crippen MR) is 93.4 cm³/mol. The number of carbonyl (C=O) groups excluding carboxylic acids is 1. The highest BCUT2D eigenvalue weighted by Crippen LogP contribution is 2.49. The van der Waals surface area contributed by atoms with E-state index in [0.717, 1.165) is 56.7 Å². The Labute approximate surface area is 145 Å². The quantitative estimate of drug-likeness (QED) is 0.850. The molecule has 5 heteroatoms. The van der Waals surface area contributed by atoms with E-state index in [1.807, 2.05) is 11.7 Å². The van der Waals surface area contributed by atoms with E-state index < -0.39 is 0 Å². The van der Waals surface area contributed by atoms with Crippen molar-refractivity contribution in [3.8, 4) is 0 Å². The lowest BCUT2D eigenvalue weighted by molar-refractivity contribution is -0.134. The summed E-state index contributed by atoms with van der Waals surface area (Å²) in [5.74, 6) is 2.89. The van der Waals surface area contributed by atoms with Crippen LogP contribution in [-0.2, 0) is 18.4 Å². The number of fused-ring (bicyclic) bond motifs is 2. The second kappa shape index (κ2) is 6.51. The lowest BCUT2D eigenvalue weighted by atomic mass is 9.86. The first-order valence-electron chi connectivity index (χ1n) is 9.57. The molecule has 3 aliphatic rings. The van der Waals surface area contributed by atoms with Gasteiger partial charge in [0, 0.05) is 58.0 Å². The Morgan fingerprint density at radius 2 is 2.00 bits per heavy atom. The average Bonchev–Trinajstić information content (AvgIpc) is 3.24. The molecule has 2 aliphatic carbocycles. The third-order valence-corrected chi connectivity index (χ3v) is 6.56. The number of rotatable bonds is 4. The fourth-order valence-corrected chi connectivity index (χ4v) is 5.18. The number of hydrogen-bond donors (Lipinski definition) is 0. The standard InChI is InChI=1S/C19H30N4O/c1-14-18(12-21(2)20-14)13-22-5-7-23(8-6-22)19(24)11-17-10-15-3-4-16(17)9-15/h12,15-17H,3-11,13H2,1-2H3. The van der Waals surface area contributed by atoms with Crippen molar-refractivity contribution in [2.24, 2.45) is 24.8 Å². The largest absolute Gasteiger partial charge is 0.340 e. The molecule has 2 heterocycles. The van der Waals surface area contributed by atoms with Gasteiger partial charge in [0.1, 0.15) is 0 Å². The van der Waals surface area contributed by atoms with Gasteiger partial charge < -0.3 is 4.90 Å². The maximum Gasteiger partial charge on any atom is 0.222 e. The molecule has 1 aliphatic heterocycles. The number of amides is 1. The van der Waals surface area contributed by atoms with E-state index in [1.165, 1.54) is 31.2 Å². The second-order valence-corrected chi connectivity index (χ2v) is 8.21. The van der Waals surface area contributed by atoms with Crippen LogP contribution in [0.15, 0.2) is 6.20 Å². The molecule has 132 valence electrons. The van der Waals surface area contributed by atoms with Crippen LogP contribution in [0.5, 0.6) is 0 Å². The molecule has 1 aromatic heterocycles. The van der Waals surface area contributed by atoms with E-state index in [-0.39, 0.29) is 0 Å². The summed E-state index contributed by atoms with van der Waals surface area (Å²) in [5.41, 5.74) is 2.42. The monoisotopic (exact) mass is 330 g/mol. The van der Waals surface area contributed by atoms with Crippen LogP contribution in [0.4, 0.5) is 0 Å². The van der Waals surface area contributed by atoms with Gasteiger partial charge in [0.2, 0.25) is 5.91 Å². The molecular weight excluding hydrogens is 300 g/mol. The highest BCUT2D eigenvalue weighted by atomic mass is 16.2. The Balaban J connectivity index is 1.25. The van der Waals surface area contributed by atoms with E-state index in [1.54, 1.807) is 0 Å². The average molecular weight is 330 g/mol. The van der Waals surface area contributed by atoms with Crippen molar-refractivity contribution in [3.63, 3.8) is 0 Å². The number of carbonyl (C=O) groups is 1. The molecule has 24 heavy (non-hydrogen) atoms. The maximum atomic E-state index is 12.6. The van der Waals surface area contributed by atoms with Crippen molar-refractivity contribution < 1.29 is 4.79 Å². The summed E-state index contributed by atoms with van der Waals surface area (Å²) < 4.78 is 1.89. The number of aryl methyl sites for hydroxylation is 2. The van der Waals surface area contributed by atoms with Crippen molar-refractivity contribution in [1.29, 1.82) is 0 Å². The number of piperazine rings is 1. The van der Waals surface area contributed by atoms with Crippen LogP contribution in [0.25, 0.3) is 0 Å².